The SMILES string of the molecule is CO[C@@H]1[C@@H](OC(N)=O)[C@@H](O)[C@H](Oc2ccc3c(O)c(CC(=O)c4cccc(-c5ccccc5N)c4)c(=O)oc3c2C)OC1(C)C. The molecule has 236 valence electrons. The zero-order valence-corrected chi connectivity index (χ0v) is 25.1. The summed E-state index contributed by atoms with van der Waals surface area (Å²) in [6.45, 7) is 4.92. The number of benzene rings is 3. The van der Waals surface area contributed by atoms with E-state index in [1.807, 2.05) is 24.3 Å². The number of aliphatic hydroxyl groups is 1. The van der Waals surface area contributed by atoms with Crippen LogP contribution in [0.2, 0.25) is 0 Å². The number of methoxy groups -OCH3 is 1. The molecule has 4 aromatic rings. The van der Waals surface area contributed by atoms with Crippen LogP contribution in [-0.2, 0) is 20.6 Å². The van der Waals surface area contributed by atoms with Crippen LogP contribution < -0.4 is 21.8 Å². The molecule has 1 aliphatic heterocycles. The molecule has 5 rings (SSSR count). The summed E-state index contributed by atoms with van der Waals surface area (Å²) < 4.78 is 28.0. The standard InChI is InChI=1S/C33H34N2O10/c1-16-24(42-31-26(38)28(44-32(35)40)29(41-4)33(2,3)45-31)13-12-20-25(37)21(30(39)43-27(16)20)15-23(36)18-9-7-8-17(14-18)19-10-5-6-11-22(19)34/h5-14,26,28-29,31,37-38H,15,34H2,1-4H3,(H2,35,40)/t26-,28+,29-,31-/m1/s1. The van der Waals surface area contributed by atoms with E-state index >= 15 is 0 Å². The van der Waals surface area contributed by atoms with Crippen LogP contribution in [0, 0.1) is 6.92 Å². The normalized spacial score (nSPS) is 20.9. The highest BCUT2D eigenvalue weighted by atomic mass is 16.7. The number of nitrogens with two attached hydrogens (primary N) is 2. The second kappa shape index (κ2) is 12.2. The molecule has 1 fully saturated rings. The summed E-state index contributed by atoms with van der Waals surface area (Å²) >= 11 is 0. The van der Waals surface area contributed by atoms with Gasteiger partial charge in [-0.3, -0.25) is 4.79 Å². The number of aromatic hydroxyl groups is 1. The summed E-state index contributed by atoms with van der Waals surface area (Å²) in [4.78, 5) is 37.9. The fraction of sp³-hybridized carbons (Fsp3) is 0.303. The molecule has 12 nitrogen and oxygen atoms in total. The number of hydrogen-bond donors (Lipinski definition) is 4. The van der Waals surface area contributed by atoms with E-state index < -0.39 is 59.9 Å². The summed E-state index contributed by atoms with van der Waals surface area (Å²) in [6, 6.07) is 17.0. The Morgan fingerprint density at radius 2 is 1.80 bits per heavy atom. The van der Waals surface area contributed by atoms with Gasteiger partial charge in [-0.2, -0.15) is 0 Å². The van der Waals surface area contributed by atoms with E-state index in [0.29, 0.717) is 16.8 Å². The van der Waals surface area contributed by atoms with Gasteiger partial charge in [0.2, 0.25) is 6.29 Å². The lowest BCUT2D eigenvalue weighted by molar-refractivity contribution is -0.304. The molecule has 4 atom stereocenters. The van der Waals surface area contributed by atoms with Gasteiger partial charge in [0, 0.05) is 35.9 Å². The van der Waals surface area contributed by atoms with E-state index in [4.69, 9.17) is 34.8 Å². The second-order valence-corrected chi connectivity index (χ2v) is 11.3. The maximum Gasteiger partial charge on any atom is 0.404 e. The molecule has 2 heterocycles. The van der Waals surface area contributed by atoms with Crippen LogP contribution in [0.3, 0.4) is 0 Å². The van der Waals surface area contributed by atoms with Crippen molar-refractivity contribution in [1.82, 2.24) is 0 Å². The molecule has 6 N–H and O–H groups in total. The van der Waals surface area contributed by atoms with E-state index in [-0.39, 0.29) is 22.3 Å². The minimum atomic E-state index is -1.50. The molecular formula is C33H34N2O10. The van der Waals surface area contributed by atoms with Crippen molar-refractivity contribution in [2.75, 3.05) is 12.8 Å². The zero-order chi connectivity index (χ0) is 32.6. The second-order valence-electron chi connectivity index (χ2n) is 11.3. The van der Waals surface area contributed by atoms with Crippen LogP contribution >= 0.6 is 0 Å². The smallest absolute Gasteiger partial charge is 0.404 e. The van der Waals surface area contributed by atoms with Crippen LogP contribution in [-0.4, -0.2) is 59.4 Å². The molecule has 0 aliphatic carbocycles. The number of primary amides is 1. The molecule has 12 heteroatoms. The molecule has 1 aliphatic rings. The number of ketones is 1. The maximum absolute atomic E-state index is 13.3. The minimum Gasteiger partial charge on any atom is -0.507 e. The van der Waals surface area contributed by atoms with Gasteiger partial charge in [0.05, 0.1) is 16.6 Å². The molecule has 0 spiro atoms. The highest BCUT2D eigenvalue weighted by molar-refractivity contribution is 6.00. The molecule has 3 aromatic carbocycles. The number of Topliss-reactive ketones (excluding diaryl/α,β-unsaturated/α-hetero) is 1. The molecule has 45 heavy (non-hydrogen) atoms. The summed E-state index contributed by atoms with van der Waals surface area (Å²) in [5.41, 5.74) is 11.8. The van der Waals surface area contributed by atoms with Gasteiger partial charge in [-0.15, -0.1) is 0 Å². The third-order valence-corrected chi connectivity index (χ3v) is 7.90. The molecule has 1 amide bonds. The van der Waals surface area contributed by atoms with Crippen molar-refractivity contribution in [2.24, 2.45) is 5.73 Å². The quantitative estimate of drug-likeness (QED) is 0.127. The summed E-state index contributed by atoms with van der Waals surface area (Å²) in [5.74, 6) is -0.654. The summed E-state index contributed by atoms with van der Waals surface area (Å²) in [7, 11) is 1.38. The van der Waals surface area contributed by atoms with Crippen LogP contribution in [0.15, 0.2) is 69.9 Å². The Hall–Kier alpha value is -4.91. The van der Waals surface area contributed by atoms with Crippen molar-refractivity contribution < 1.29 is 43.2 Å². The number of nitrogen functional groups attached to an aromatic ring is 1. The minimum absolute atomic E-state index is 0.0111. The van der Waals surface area contributed by atoms with E-state index in [0.717, 1.165) is 11.1 Å². The van der Waals surface area contributed by atoms with Gasteiger partial charge in [-0.25, -0.2) is 9.59 Å². The molecule has 1 saturated heterocycles. The Bertz CT molecular complexity index is 1830. The Labute approximate surface area is 258 Å². The third-order valence-electron chi connectivity index (χ3n) is 7.90. The largest absolute Gasteiger partial charge is 0.507 e. The highest BCUT2D eigenvalue weighted by Crippen LogP contribution is 2.38. The molecule has 1 aromatic heterocycles. The molecular weight excluding hydrogens is 584 g/mol. The van der Waals surface area contributed by atoms with Crippen molar-refractivity contribution in [1.29, 1.82) is 0 Å². The Kier molecular flexibility index (Phi) is 8.57. The number of aryl methyl sites for hydroxylation is 1. The van der Waals surface area contributed by atoms with Gasteiger partial charge < -0.3 is 45.0 Å². The van der Waals surface area contributed by atoms with Crippen LogP contribution in [0.25, 0.3) is 22.1 Å². The number of fused-ring (bicyclic) bond motifs is 1. The van der Waals surface area contributed by atoms with Crippen molar-refractivity contribution in [3.63, 3.8) is 0 Å². The van der Waals surface area contributed by atoms with Crippen LogP contribution in [0.1, 0.15) is 35.3 Å². The first kappa shape index (κ1) is 31.5. The Morgan fingerprint density at radius 1 is 1.07 bits per heavy atom. The number of para-hydroxylation sites is 1. The van der Waals surface area contributed by atoms with Gasteiger partial charge >= 0.3 is 11.7 Å². The van der Waals surface area contributed by atoms with Gasteiger partial charge in [0.1, 0.15) is 23.2 Å². The van der Waals surface area contributed by atoms with Gasteiger partial charge in [0.15, 0.2) is 18.0 Å². The van der Waals surface area contributed by atoms with Crippen molar-refractivity contribution >= 4 is 28.5 Å². The number of ether oxygens (including phenoxy) is 4. The van der Waals surface area contributed by atoms with Crippen molar-refractivity contribution in [2.45, 2.75) is 57.4 Å². The number of anilines is 1. The number of amides is 1. The van der Waals surface area contributed by atoms with Gasteiger partial charge in [-0.1, -0.05) is 36.4 Å². The van der Waals surface area contributed by atoms with E-state index in [1.165, 1.54) is 19.2 Å². The Balaban J connectivity index is 1.42. The number of rotatable bonds is 8. The fourth-order valence-corrected chi connectivity index (χ4v) is 5.64. The third kappa shape index (κ3) is 6.07. The van der Waals surface area contributed by atoms with E-state index in [1.54, 1.807) is 45.0 Å². The van der Waals surface area contributed by atoms with E-state index in [9.17, 15) is 24.6 Å². The fourth-order valence-electron chi connectivity index (χ4n) is 5.64. The maximum atomic E-state index is 13.3. The van der Waals surface area contributed by atoms with Crippen LogP contribution in [0.5, 0.6) is 11.5 Å². The van der Waals surface area contributed by atoms with Crippen LogP contribution in [0.4, 0.5) is 10.5 Å². The monoisotopic (exact) mass is 618 g/mol. The molecule has 0 bridgehead atoms. The van der Waals surface area contributed by atoms with Gasteiger partial charge in [-0.05, 0) is 50.6 Å². The van der Waals surface area contributed by atoms with Crippen molar-refractivity contribution in [3.8, 4) is 22.6 Å². The lowest BCUT2D eigenvalue weighted by atomic mass is 9.89. The summed E-state index contributed by atoms with van der Waals surface area (Å²) in [6.07, 6.45) is -6.45. The van der Waals surface area contributed by atoms with Crippen molar-refractivity contribution in [3.05, 3.63) is 87.8 Å². The lowest BCUT2D eigenvalue weighted by Crippen LogP contribution is -2.65. The number of carbonyl (C=O) groups is 2. The number of carbonyl (C=O) groups excluding carboxylic acids is 2. The molecule has 0 saturated carbocycles. The number of aliphatic hydroxyl groups excluding tert-OH is 1. The zero-order valence-electron chi connectivity index (χ0n) is 25.1. The molecule has 0 radical (unpaired) electrons. The predicted molar refractivity (Wildman–Crippen MR) is 164 cm³/mol. The van der Waals surface area contributed by atoms with Gasteiger partial charge in [0.25, 0.3) is 0 Å². The number of hydrogen-bond acceptors (Lipinski definition) is 11. The predicted octanol–water partition coefficient (Wildman–Crippen LogP) is 3.84. The highest BCUT2D eigenvalue weighted by Gasteiger charge is 2.53. The first-order valence-electron chi connectivity index (χ1n) is 14.1. The summed E-state index contributed by atoms with van der Waals surface area (Å²) in [5, 5.41) is 22.2. The average molecular weight is 619 g/mol. The first-order chi connectivity index (χ1) is 21.3. The molecule has 0 unspecified atom stereocenters. The first-order valence-corrected chi connectivity index (χ1v) is 14.1. The Morgan fingerprint density at radius 3 is 2.49 bits per heavy atom. The van der Waals surface area contributed by atoms with E-state index in [2.05, 4.69) is 0 Å². The topological polar surface area (TPSA) is 194 Å². The average Bonchev–Trinajstić information content (AvgIpc) is 2.99. The lowest BCUT2D eigenvalue weighted by Gasteiger charge is -2.47.